The van der Waals surface area contributed by atoms with Crippen LogP contribution in [0.25, 0.3) is 11.3 Å². The number of nitrogens with one attached hydrogen (secondary N) is 1. The van der Waals surface area contributed by atoms with Crippen LogP contribution in [-0.4, -0.2) is 27.0 Å². The second-order valence-corrected chi connectivity index (χ2v) is 8.04. The lowest BCUT2D eigenvalue weighted by Crippen LogP contribution is -2.24. The minimum absolute atomic E-state index is 0.240. The summed E-state index contributed by atoms with van der Waals surface area (Å²) in [7, 11) is 0. The van der Waals surface area contributed by atoms with E-state index in [1.165, 1.54) is 23.1 Å². The van der Waals surface area contributed by atoms with Crippen molar-refractivity contribution in [3.8, 4) is 11.3 Å². The standard InChI is InChI=1S/C19H18N4O2S2/c1-11-10-15(13-6-4-3-5-7-13)22-19(21-11)27-12(2)17(25)23-18-14(16(20)24)8-9-26-18/h3-10,12H,1-2H3,(H2,20,24)(H,23,25)/t12-/m0/s1. The molecule has 2 aromatic heterocycles. The molecule has 0 aliphatic carbocycles. The summed E-state index contributed by atoms with van der Waals surface area (Å²) in [5.74, 6) is -0.808. The highest BCUT2D eigenvalue weighted by molar-refractivity contribution is 8.00. The molecule has 27 heavy (non-hydrogen) atoms. The number of nitrogens with two attached hydrogens (primary N) is 1. The van der Waals surface area contributed by atoms with Crippen molar-refractivity contribution in [2.75, 3.05) is 5.32 Å². The highest BCUT2D eigenvalue weighted by Gasteiger charge is 2.20. The summed E-state index contributed by atoms with van der Waals surface area (Å²) in [5.41, 5.74) is 8.26. The Morgan fingerprint density at radius 1 is 1.19 bits per heavy atom. The highest BCUT2D eigenvalue weighted by atomic mass is 32.2. The molecule has 0 saturated carbocycles. The maximum absolute atomic E-state index is 12.5. The van der Waals surface area contributed by atoms with Gasteiger partial charge in [-0.25, -0.2) is 9.97 Å². The molecule has 0 radical (unpaired) electrons. The zero-order valence-corrected chi connectivity index (χ0v) is 16.4. The number of thioether (sulfide) groups is 1. The van der Waals surface area contributed by atoms with Crippen molar-refractivity contribution >= 4 is 39.9 Å². The first-order valence-electron chi connectivity index (χ1n) is 8.20. The predicted molar refractivity (Wildman–Crippen MR) is 109 cm³/mol. The summed E-state index contributed by atoms with van der Waals surface area (Å²) in [6, 6.07) is 13.3. The number of carbonyl (C=O) groups excluding carboxylic acids is 2. The van der Waals surface area contributed by atoms with Crippen LogP contribution in [0.2, 0.25) is 0 Å². The van der Waals surface area contributed by atoms with Crippen LogP contribution >= 0.6 is 23.1 Å². The summed E-state index contributed by atoms with van der Waals surface area (Å²) < 4.78 is 0. The molecule has 8 heteroatoms. The van der Waals surface area contributed by atoms with E-state index in [0.717, 1.165) is 17.0 Å². The van der Waals surface area contributed by atoms with Gasteiger partial charge in [-0.15, -0.1) is 11.3 Å². The molecule has 1 atom stereocenters. The number of hydrogen-bond donors (Lipinski definition) is 2. The van der Waals surface area contributed by atoms with E-state index in [1.54, 1.807) is 18.4 Å². The van der Waals surface area contributed by atoms with Crippen molar-refractivity contribution in [3.63, 3.8) is 0 Å². The van der Waals surface area contributed by atoms with Gasteiger partial charge in [-0.05, 0) is 31.4 Å². The second-order valence-electron chi connectivity index (χ2n) is 5.82. The largest absolute Gasteiger partial charge is 0.366 e. The molecule has 2 heterocycles. The van der Waals surface area contributed by atoms with Gasteiger partial charge >= 0.3 is 0 Å². The molecule has 6 nitrogen and oxygen atoms in total. The average Bonchev–Trinajstić information content (AvgIpc) is 3.10. The molecule has 0 aliphatic rings. The van der Waals surface area contributed by atoms with Crippen LogP contribution in [-0.2, 0) is 4.79 Å². The van der Waals surface area contributed by atoms with Crippen molar-refractivity contribution in [2.24, 2.45) is 5.73 Å². The molecule has 2 amide bonds. The molecule has 0 unspecified atom stereocenters. The van der Waals surface area contributed by atoms with E-state index >= 15 is 0 Å². The number of aromatic nitrogens is 2. The number of thiophene rings is 1. The number of nitrogens with zero attached hydrogens (tertiary/aromatic N) is 2. The molecule has 3 N–H and O–H groups in total. The summed E-state index contributed by atoms with van der Waals surface area (Å²) in [6.07, 6.45) is 0. The molecular weight excluding hydrogens is 380 g/mol. The number of hydrogen-bond acceptors (Lipinski definition) is 6. The number of anilines is 1. The van der Waals surface area contributed by atoms with Crippen LogP contribution in [0.3, 0.4) is 0 Å². The van der Waals surface area contributed by atoms with Crippen LogP contribution in [0, 0.1) is 6.92 Å². The zero-order valence-electron chi connectivity index (χ0n) is 14.8. The predicted octanol–water partition coefficient (Wildman–Crippen LogP) is 3.73. The van der Waals surface area contributed by atoms with Crippen LogP contribution in [0.15, 0.2) is 53.0 Å². The summed E-state index contributed by atoms with van der Waals surface area (Å²) in [6.45, 7) is 3.67. The molecule has 0 saturated heterocycles. The Bertz CT molecular complexity index is 973. The normalized spacial score (nSPS) is 11.8. The average molecular weight is 399 g/mol. The summed E-state index contributed by atoms with van der Waals surface area (Å²) in [5, 5.41) is 5.00. The van der Waals surface area contributed by atoms with E-state index in [4.69, 9.17) is 5.73 Å². The van der Waals surface area contributed by atoms with Gasteiger partial charge in [-0.3, -0.25) is 9.59 Å². The minimum atomic E-state index is -0.568. The number of carbonyl (C=O) groups is 2. The van der Waals surface area contributed by atoms with Crippen LogP contribution < -0.4 is 11.1 Å². The Balaban J connectivity index is 1.74. The second kappa shape index (κ2) is 8.32. The molecule has 1 aromatic carbocycles. The first-order valence-corrected chi connectivity index (χ1v) is 9.96. The van der Waals surface area contributed by atoms with E-state index in [1.807, 2.05) is 43.3 Å². The van der Waals surface area contributed by atoms with Gasteiger partial charge in [-0.2, -0.15) is 0 Å². The Morgan fingerprint density at radius 3 is 2.63 bits per heavy atom. The smallest absolute Gasteiger partial charge is 0.251 e. The van der Waals surface area contributed by atoms with Crippen LogP contribution in [0.5, 0.6) is 0 Å². The Morgan fingerprint density at radius 2 is 1.93 bits per heavy atom. The fourth-order valence-electron chi connectivity index (χ4n) is 2.38. The first kappa shape index (κ1) is 19.1. The molecule has 3 aromatic rings. The maximum Gasteiger partial charge on any atom is 0.251 e. The lowest BCUT2D eigenvalue weighted by molar-refractivity contribution is -0.115. The number of amides is 2. The quantitative estimate of drug-likeness (QED) is 0.487. The van der Waals surface area contributed by atoms with Gasteiger partial charge in [0.15, 0.2) is 5.16 Å². The molecule has 3 rings (SSSR count). The number of aryl methyl sites for hydroxylation is 1. The van der Waals surface area contributed by atoms with E-state index in [2.05, 4.69) is 15.3 Å². The van der Waals surface area contributed by atoms with Gasteiger partial charge in [0.25, 0.3) is 5.91 Å². The minimum Gasteiger partial charge on any atom is -0.366 e. The van der Waals surface area contributed by atoms with Crippen molar-refractivity contribution in [1.29, 1.82) is 0 Å². The van der Waals surface area contributed by atoms with Crippen LogP contribution in [0.1, 0.15) is 23.0 Å². The topological polar surface area (TPSA) is 98.0 Å². The third kappa shape index (κ3) is 4.72. The number of rotatable bonds is 6. The number of benzene rings is 1. The van der Waals surface area contributed by atoms with Crippen molar-refractivity contribution in [3.05, 3.63) is 59.1 Å². The van der Waals surface area contributed by atoms with E-state index < -0.39 is 11.2 Å². The Kier molecular flexibility index (Phi) is 5.88. The zero-order chi connectivity index (χ0) is 19.4. The maximum atomic E-state index is 12.5. The lowest BCUT2D eigenvalue weighted by Gasteiger charge is -2.12. The molecule has 0 fully saturated rings. The number of primary amides is 1. The fourth-order valence-corrected chi connectivity index (χ4v) is 4.00. The molecule has 0 spiro atoms. The highest BCUT2D eigenvalue weighted by Crippen LogP contribution is 2.27. The third-order valence-electron chi connectivity index (χ3n) is 3.72. The monoisotopic (exact) mass is 398 g/mol. The van der Waals surface area contributed by atoms with Crippen molar-refractivity contribution in [2.45, 2.75) is 24.3 Å². The molecule has 138 valence electrons. The van der Waals surface area contributed by atoms with E-state index in [9.17, 15) is 9.59 Å². The van der Waals surface area contributed by atoms with E-state index in [0.29, 0.717) is 15.7 Å². The van der Waals surface area contributed by atoms with Gasteiger partial charge in [-0.1, -0.05) is 42.1 Å². The van der Waals surface area contributed by atoms with Crippen molar-refractivity contribution in [1.82, 2.24) is 9.97 Å². The molecular formula is C19H18N4O2S2. The van der Waals surface area contributed by atoms with Gasteiger partial charge in [0.2, 0.25) is 5.91 Å². The SMILES string of the molecule is Cc1cc(-c2ccccc2)nc(S[C@@H](C)C(=O)Nc2sccc2C(N)=O)n1. The van der Waals surface area contributed by atoms with Gasteiger partial charge < -0.3 is 11.1 Å². The Labute approximate surface area is 165 Å². The van der Waals surface area contributed by atoms with E-state index in [-0.39, 0.29) is 5.91 Å². The fraction of sp³-hybridized carbons (Fsp3) is 0.158. The third-order valence-corrected chi connectivity index (χ3v) is 5.51. The van der Waals surface area contributed by atoms with Gasteiger partial charge in [0.05, 0.1) is 16.5 Å². The lowest BCUT2D eigenvalue weighted by atomic mass is 10.1. The van der Waals surface area contributed by atoms with Gasteiger partial charge in [0.1, 0.15) is 5.00 Å². The van der Waals surface area contributed by atoms with Crippen LogP contribution in [0.4, 0.5) is 5.00 Å². The van der Waals surface area contributed by atoms with Gasteiger partial charge in [0, 0.05) is 11.3 Å². The Hall–Kier alpha value is -2.71. The first-order chi connectivity index (χ1) is 12.9. The summed E-state index contributed by atoms with van der Waals surface area (Å²) in [4.78, 5) is 32.9. The van der Waals surface area contributed by atoms with Crippen molar-refractivity contribution < 1.29 is 9.59 Å². The summed E-state index contributed by atoms with van der Waals surface area (Å²) >= 11 is 2.52. The molecule has 0 aliphatic heterocycles. The molecule has 0 bridgehead atoms.